The van der Waals surface area contributed by atoms with E-state index in [4.69, 9.17) is 0 Å². The highest BCUT2D eigenvalue weighted by molar-refractivity contribution is 7.70. The minimum Gasteiger partial charge on any atom is -0.383 e. The van der Waals surface area contributed by atoms with Gasteiger partial charge in [0.15, 0.2) is 5.78 Å². The van der Waals surface area contributed by atoms with E-state index in [1.807, 2.05) is 0 Å². The highest BCUT2D eigenvalue weighted by Crippen LogP contribution is 2.70. The van der Waals surface area contributed by atoms with Crippen LogP contribution in [0, 0.1) is 17.3 Å². The summed E-state index contributed by atoms with van der Waals surface area (Å²) < 4.78 is 83.5. The third-order valence-corrected chi connectivity index (χ3v) is 11.2. The number of hydrogen-bond donors (Lipinski definition) is 1. The molecule has 0 bridgehead atoms. The van der Waals surface area contributed by atoms with Crippen LogP contribution in [0.15, 0.2) is 47.1 Å². The van der Waals surface area contributed by atoms with Gasteiger partial charge in [0.2, 0.25) is 0 Å². The molecule has 2 saturated carbocycles. The Hall–Kier alpha value is -0.390. The number of carbonyl (C=O) groups excluding carboxylic acids is 1. The van der Waals surface area contributed by atoms with Crippen molar-refractivity contribution in [2.24, 2.45) is 17.3 Å². The van der Waals surface area contributed by atoms with Crippen LogP contribution < -0.4 is 5.30 Å². The van der Waals surface area contributed by atoms with Crippen molar-refractivity contribution in [1.29, 1.82) is 0 Å². The monoisotopic (exact) mass is 678 g/mol. The molecule has 234 valence electrons. The van der Waals surface area contributed by atoms with E-state index in [0.717, 1.165) is 22.3 Å². The smallest absolute Gasteiger partial charge is 0.383 e. The summed E-state index contributed by atoms with van der Waals surface area (Å²) >= 11 is 0. The van der Waals surface area contributed by atoms with E-state index in [-0.39, 0.29) is 78.5 Å². The number of benzene rings is 1. The standard InChI is InChI=1S/C28H32F5O3P.4H2S/c1-25-15-22(16-4-8-19(9-5-16)37(2,3)36)24-20-11-7-18(34)14-17(20)6-10-21(24)23(25)12-13-26(25,35)27(29,30)28(31,32)33;;;;/h4-5,8-9,14,21-23,35H,6-7,10-13,15H2,1-3H3;4*1H2/t21-,22+,23-,25-,26-;;;;/m0..../s1. The average Bonchev–Trinajstić information content (AvgIpc) is 3.09. The molecule has 1 aromatic carbocycles. The van der Waals surface area contributed by atoms with Crippen LogP contribution in [0.3, 0.4) is 0 Å². The Morgan fingerprint density at radius 1 is 0.927 bits per heavy atom. The lowest BCUT2D eigenvalue weighted by molar-refractivity contribution is -0.362. The van der Waals surface area contributed by atoms with Crippen molar-refractivity contribution in [3.05, 3.63) is 52.6 Å². The zero-order valence-electron chi connectivity index (χ0n) is 23.2. The molecule has 0 heterocycles. The molecule has 5 rings (SSSR count). The van der Waals surface area contributed by atoms with Crippen molar-refractivity contribution in [2.45, 2.75) is 75.5 Å². The Bertz CT molecular complexity index is 1260. The van der Waals surface area contributed by atoms with Crippen molar-refractivity contribution in [2.75, 3.05) is 13.3 Å². The van der Waals surface area contributed by atoms with Gasteiger partial charge in [0, 0.05) is 23.1 Å². The molecule has 0 spiro atoms. The van der Waals surface area contributed by atoms with Gasteiger partial charge in [0.1, 0.15) is 12.7 Å². The third kappa shape index (κ3) is 5.88. The van der Waals surface area contributed by atoms with Gasteiger partial charge in [0.05, 0.1) is 0 Å². The molecule has 0 amide bonds. The summed E-state index contributed by atoms with van der Waals surface area (Å²) in [5.74, 6) is -6.49. The fourth-order valence-corrected chi connectivity index (χ4v) is 8.65. The third-order valence-electron chi connectivity index (χ3n) is 9.68. The number of rotatable bonds is 3. The fourth-order valence-electron chi connectivity index (χ4n) is 7.78. The molecule has 1 aromatic rings. The highest BCUT2D eigenvalue weighted by atomic mass is 32.1. The topological polar surface area (TPSA) is 54.4 Å². The van der Waals surface area contributed by atoms with E-state index < -0.39 is 48.5 Å². The number of halogens is 5. The molecule has 0 aliphatic heterocycles. The Morgan fingerprint density at radius 3 is 2.05 bits per heavy atom. The van der Waals surface area contributed by atoms with Crippen molar-refractivity contribution in [1.82, 2.24) is 0 Å². The predicted molar refractivity (Wildman–Crippen MR) is 173 cm³/mol. The van der Waals surface area contributed by atoms with Crippen LogP contribution in [0.25, 0.3) is 0 Å². The van der Waals surface area contributed by atoms with Crippen molar-refractivity contribution in [3.8, 4) is 0 Å². The van der Waals surface area contributed by atoms with E-state index in [9.17, 15) is 27.6 Å². The Labute approximate surface area is 266 Å². The predicted octanol–water partition coefficient (Wildman–Crippen LogP) is 7.21. The quantitative estimate of drug-likeness (QED) is 0.272. The SMILES string of the molecule is C[C@]12C[C@H](c3ccc(P(C)(C)=O)cc3)C3=C4CCC(=O)C=C4CC[C@H]3[C@@H]1CC[C@@]2(O)C(F)(F)C(F)(F)F.S.S.S.S. The molecule has 0 saturated heterocycles. The van der Waals surface area contributed by atoms with Crippen molar-refractivity contribution >= 4 is 72.2 Å². The van der Waals surface area contributed by atoms with Gasteiger partial charge in [-0.1, -0.05) is 36.8 Å². The van der Waals surface area contributed by atoms with Crippen LogP contribution >= 0.6 is 61.1 Å². The first-order chi connectivity index (χ1) is 17.0. The zero-order valence-corrected chi connectivity index (χ0v) is 28.1. The maximum atomic E-state index is 15.0. The number of carbonyl (C=O) groups is 1. The molecule has 4 aliphatic carbocycles. The Kier molecular flexibility index (Phi) is 11.8. The zero-order chi connectivity index (χ0) is 27.2. The fraction of sp³-hybridized carbons (Fsp3) is 0.607. The normalized spacial score (nSPS) is 31.2. The molecule has 0 radical (unpaired) electrons. The number of fused-ring (bicyclic) bond motifs is 4. The molecule has 13 heteroatoms. The first-order valence-corrected chi connectivity index (χ1v) is 15.4. The second-order valence-corrected chi connectivity index (χ2v) is 15.1. The lowest BCUT2D eigenvalue weighted by Gasteiger charge is -2.56. The van der Waals surface area contributed by atoms with Crippen molar-refractivity contribution in [3.63, 3.8) is 0 Å². The second-order valence-electron chi connectivity index (χ2n) is 11.9. The summed E-state index contributed by atoms with van der Waals surface area (Å²) in [4.78, 5) is 12.1. The van der Waals surface area contributed by atoms with E-state index >= 15 is 8.78 Å². The van der Waals surface area contributed by atoms with Crippen LogP contribution in [0.5, 0.6) is 0 Å². The minimum atomic E-state index is -5.87. The molecule has 0 unspecified atom stereocenters. The summed E-state index contributed by atoms with van der Waals surface area (Å²) in [5, 5.41) is 12.0. The number of hydrogen-bond acceptors (Lipinski definition) is 3. The van der Waals surface area contributed by atoms with Crippen LogP contribution in [0.2, 0.25) is 0 Å². The van der Waals surface area contributed by atoms with Crippen LogP contribution in [0.1, 0.15) is 63.4 Å². The molecule has 5 atom stereocenters. The molecule has 41 heavy (non-hydrogen) atoms. The number of aliphatic hydroxyl groups is 1. The van der Waals surface area contributed by atoms with Gasteiger partial charge < -0.3 is 9.67 Å². The van der Waals surface area contributed by atoms with Gasteiger partial charge in [-0.2, -0.15) is 75.9 Å². The first kappa shape index (κ1) is 38.6. The first-order valence-electron chi connectivity index (χ1n) is 12.8. The van der Waals surface area contributed by atoms with Crippen LogP contribution in [-0.4, -0.2) is 41.9 Å². The van der Waals surface area contributed by atoms with Gasteiger partial charge in [-0.25, -0.2) is 0 Å². The minimum absolute atomic E-state index is 0. The number of ketones is 1. The molecule has 3 nitrogen and oxygen atoms in total. The van der Waals surface area contributed by atoms with Gasteiger partial charge in [-0.3, -0.25) is 4.79 Å². The summed E-state index contributed by atoms with van der Waals surface area (Å²) in [6.45, 7) is 4.70. The van der Waals surface area contributed by atoms with E-state index in [1.54, 1.807) is 43.7 Å². The number of alkyl halides is 5. The Balaban J connectivity index is 0.00000210. The second kappa shape index (κ2) is 12.5. The largest absolute Gasteiger partial charge is 0.456 e. The molecule has 0 aromatic heterocycles. The number of allylic oxidation sites excluding steroid dienone is 4. The van der Waals surface area contributed by atoms with Gasteiger partial charge in [-0.05, 0) is 86.5 Å². The lowest BCUT2D eigenvalue weighted by Crippen LogP contribution is -2.65. The van der Waals surface area contributed by atoms with Gasteiger partial charge in [0.25, 0.3) is 0 Å². The Morgan fingerprint density at radius 2 is 1.51 bits per heavy atom. The molecular weight excluding hydrogens is 639 g/mol. The van der Waals surface area contributed by atoms with E-state index in [2.05, 4.69) is 0 Å². The van der Waals surface area contributed by atoms with Crippen LogP contribution in [0.4, 0.5) is 22.0 Å². The maximum Gasteiger partial charge on any atom is 0.456 e. The molecule has 2 fully saturated rings. The molecule has 1 N–H and O–H groups in total. The van der Waals surface area contributed by atoms with E-state index in [1.165, 1.54) is 6.92 Å². The van der Waals surface area contributed by atoms with Crippen molar-refractivity contribution < 1.29 is 36.4 Å². The van der Waals surface area contributed by atoms with Gasteiger partial charge >= 0.3 is 12.1 Å². The molecular formula is C28H40F5O3PS4. The summed E-state index contributed by atoms with van der Waals surface area (Å²) in [6.07, 6.45) is -2.85. The molecule has 4 aliphatic rings. The summed E-state index contributed by atoms with van der Waals surface area (Å²) in [7, 11) is -2.55. The summed E-state index contributed by atoms with van der Waals surface area (Å²) in [6, 6.07) is 7.05. The highest BCUT2D eigenvalue weighted by Gasteiger charge is 2.79. The lowest BCUT2D eigenvalue weighted by atomic mass is 9.50. The maximum absolute atomic E-state index is 15.0. The summed E-state index contributed by atoms with van der Waals surface area (Å²) in [5.41, 5.74) is -1.17. The van der Waals surface area contributed by atoms with Crippen LogP contribution in [-0.2, 0) is 9.36 Å². The van der Waals surface area contributed by atoms with E-state index in [0.29, 0.717) is 31.0 Å². The van der Waals surface area contributed by atoms with Gasteiger partial charge in [-0.15, -0.1) is 0 Å². The average molecular weight is 679 g/mol.